The number of rotatable bonds is 2. The third-order valence-corrected chi connectivity index (χ3v) is 2.17. The number of carbonyl (C=O) groups is 2. The first-order valence-electron chi connectivity index (χ1n) is 4.02. The highest BCUT2D eigenvalue weighted by Gasteiger charge is 2.30. The standard InChI is InChI=1S/C8H10N2O3/c9-3-1-7(11)6-2-4-10(5-6)8(12)13/h6H,1-2,4-5H2,(H,12,13). The highest BCUT2D eigenvalue weighted by atomic mass is 16.4. The molecule has 13 heavy (non-hydrogen) atoms. The number of likely N-dealkylation sites (tertiary alicyclic amines) is 1. The van der Waals surface area contributed by atoms with Gasteiger partial charge in [-0.25, -0.2) is 4.79 Å². The summed E-state index contributed by atoms with van der Waals surface area (Å²) in [7, 11) is 0. The molecule has 1 saturated heterocycles. The van der Waals surface area contributed by atoms with Gasteiger partial charge in [0.2, 0.25) is 0 Å². The summed E-state index contributed by atoms with van der Waals surface area (Å²) in [5.41, 5.74) is 0. The Bertz CT molecular complexity index is 269. The molecule has 0 bridgehead atoms. The summed E-state index contributed by atoms with van der Waals surface area (Å²) in [6.45, 7) is 0.646. The summed E-state index contributed by atoms with van der Waals surface area (Å²) in [4.78, 5) is 22.9. The van der Waals surface area contributed by atoms with Gasteiger partial charge in [0, 0.05) is 19.0 Å². The second-order valence-corrected chi connectivity index (χ2v) is 3.02. The topological polar surface area (TPSA) is 81.4 Å². The minimum atomic E-state index is -0.993. The summed E-state index contributed by atoms with van der Waals surface area (Å²) in [5, 5.41) is 16.9. The molecule has 5 nitrogen and oxygen atoms in total. The third-order valence-electron chi connectivity index (χ3n) is 2.17. The van der Waals surface area contributed by atoms with E-state index in [0.717, 1.165) is 0 Å². The van der Waals surface area contributed by atoms with E-state index in [4.69, 9.17) is 10.4 Å². The van der Waals surface area contributed by atoms with Crippen LogP contribution < -0.4 is 0 Å². The van der Waals surface area contributed by atoms with Crippen LogP contribution >= 0.6 is 0 Å². The Kier molecular flexibility index (Phi) is 2.85. The Labute approximate surface area is 75.6 Å². The fraction of sp³-hybridized carbons (Fsp3) is 0.625. The van der Waals surface area contributed by atoms with E-state index in [2.05, 4.69) is 0 Å². The largest absolute Gasteiger partial charge is 0.465 e. The minimum absolute atomic E-state index is 0.113. The van der Waals surface area contributed by atoms with E-state index in [1.165, 1.54) is 4.90 Å². The highest BCUT2D eigenvalue weighted by molar-refractivity contribution is 5.84. The quantitative estimate of drug-likeness (QED) is 0.673. The maximum atomic E-state index is 11.2. The Morgan fingerprint density at radius 3 is 2.77 bits per heavy atom. The van der Waals surface area contributed by atoms with Gasteiger partial charge in [-0.1, -0.05) is 0 Å². The fourth-order valence-corrected chi connectivity index (χ4v) is 1.42. The first-order valence-corrected chi connectivity index (χ1v) is 4.02. The van der Waals surface area contributed by atoms with Gasteiger partial charge in [-0.2, -0.15) is 5.26 Å². The lowest BCUT2D eigenvalue weighted by atomic mass is 10.0. The molecule has 0 aromatic heterocycles. The van der Waals surface area contributed by atoms with E-state index in [0.29, 0.717) is 13.0 Å². The van der Waals surface area contributed by atoms with Gasteiger partial charge in [-0.05, 0) is 6.42 Å². The number of carbonyl (C=O) groups excluding carboxylic acids is 1. The zero-order valence-corrected chi connectivity index (χ0v) is 7.06. The van der Waals surface area contributed by atoms with Crippen molar-refractivity contribution < 1.29 is 14.7 Å². The summed E-state index contributed by atoms with van der Waals surface area (Å²) in [6.07, 6.45) is -0.558. The molecule has 1 atom stereocenters. The van der Waals surface area contributed by atoms with Crippen molar-refractivity contribution >= 4 is 11.9 Å². The van der Waals surface area contributed by atoms with E-state index in [1.807, 2.05) is 0 Å². The molecule has 1 aliphatic heterocycles. The zero-order chi connectivity index (χ0) is 9.84. The van der Waals surface area contributed by atoms with Gasteiger partial charge in [-0.15, -0.1) is 0 Å². The van der Waals surface area contributed by atoms with Crippen LogP contribution in [0, 0.1) is 17.2 Å². The maximum Gasteiger partial charge on any atom is 0.407 e. The lowest BCUT2D eigenvalue weighted by Gasteiger charge is -2.10. The van der Waals surface area contributed by atoms with Gasteiger partial charge in [0.25, 0.3) is 0 Å². The summed E-state index contributed by atoms with van der Waals surface area (Å²) in [6, 6.07) is 1.77. The van der Waals surface area contributed by atoms with Crippen LogP contribution in [0.2, 0.25) is 0 Å². The van der Waals surface area contributed by atoms with Crippen molar-refractivity contribution in [3.63, 3.8) is 0 Å². The van der Waals surface area contributed by atoms with Crippen LogP contribution in [0.5, 0.6) is 0 Å². The predicted molar refractivity (Wildman–Crippen MR) is 42.9 cm³/mol. The van der Waals surface area contributed by atoms with E-state index in [-0.39, 0.29) is 24.7 Å². The molecule has 1 fully saturated rings. The zero-order valence-electron chi connectivity index (χ0n) is 7.06. The number of hydrogen-bond acceptors (Lipinski definition) is 3. The van der Waals surface area contributed by atoms with Crippen LogP contribution in [-0.4, -0.2) is 35.0 Å². The molecule has 0 aromatic rings. The first kappa shape index (κ1) is 9.52. The van der Waals surface area contributed by atoms with Gasteiger partial charge in [-0.3, -0.25) is 4.79 Å². The molecule has 1 aliphatic rings. The molecule has 1 heterocycles. The van der Waals surface area contributed by atoms with Crippen molar-refractivity contribution in [3.8, 4) is 6.07 Å². The summed E-state index contributed by atoms with van der Waals surface area (Å²) < 4.78 is 0. The monoisotopic (exact) mass is 182 g/mol. The first-order chi connectivity index (χ1) is 6.15. The average Bonchev–Trinajstić information content (AvgIpc) is 2.52. The van der Waals surface area contributed by atoms with E-state index in [1.54, 1.807) is 6.07 Å². The second-order valence-electron chi connectivity index (χ2n) is 3.02. The van der Waals surface area contributed by atoms with Crippen molar-refractivity contribution in [2.45, 2.75) is 12.8 Å². The van der Waals surface area contributed by atoms with Crippen molar-refractivity contribution in [3.05, 3.63) is 0 Å². The Balaban J connectivity index is 2.46. The number of hydrogen-bond donors (Lipinski definition) is 1. The number of nitrogens with zero attached hydrogens (tertiary/aromatic N) is 2. The molecule has 0 aliphatic carbocycles. The highest BCUT2D eigenvalue weighted by Crippen LogP contribution is 2.17. The maximum absolute atomic E-state index is 11.2. The van der Waals surface area contributed by atoms with Gasteiger partial charge >= 0.3 is 6.09 Å². The molecule has 1 N–H and O–H groups in total. The number of amides is 1. The van der Waals surface area contributed by atoms with Gasteiger partial charge in [0.15, 0.2) is 5.78 Å². The van der Waals surface area contributed by atoms with Crippen LogP contribution in [-0.2, 0) is 4.79 Å². The van der Waals surface area contributed by atoms with Crippen LogP contribution in [0.25, 0.3) is 0 Å². The third kappa shape index (κ3) is 2.18. The van der Waals surface area contributed by atoms with Gasteiger partial charge in [0.1, 0.15) is 0 Å². The molecule has 0 aromatic carbocycles. The molecular weight excluding hydrogens is 172 g/mol. The normalized spacial score (nSPS) is 21.2. The van der Waals surface area contributed by atoms with Gasteiger partial charge < -0.3 is 10.0 Å². The Morgan fingerprint density at radius 1 is 1.62 bits per heavy atom. The lowest BCUT2D eigenvalue weighted by molar-refractivity contribution is -0.121. The minimum Gasteiger partial charge on any atom is -0.465 e. The Hall–Kier alpha value is -1.57. The molecule has 70 valence electrons. The molecule has 1 unspecified atom stereocenters. The van der Waals surface area contributed by atoms with Crippen molar-refractivity contribution in [1.29, 1.82) is 5.26 Å². The van der Waals surface area contributed by atoms with Crippen molar-refractivity contribution in [1.82, 2.24) is 4.90 Å². The van der Waals surface area contributed by atoms with E-state index >= 15 is 0 Å². The summed E-state index contributed by atoms with van der Waals surface area (Å²) >= 11 is 0. The lowest BCUT2D eigenvalue weighted by Crippen LogP contribution is -2.28. The number of carboxylic acid groups (broad SMARTS) is 1. The number of nitriles is 1. The van der Waals surface area contributed by atoms with E-state index < -0.39 is 6.09 Å². The van der Waals surface area contributed by atoms with Crippen LogP contribution in [0.3, 0.4) is 0 Å². The number of Topliss-reactive ketones (excluding diaryl/α,β-unsaturated/α-hetero) is 1. The molecule has 0 saturated carbocycles. The second kappa shape index (κ2) is 3.90. The SMILES string of the molecule is N#CCC(=O)C1CCN(C(=O)O)C1. The van der Waals surface area contributed by atoms with Gasteiger partial charge in [0.05, 0.1) is 12.5 Å². The molecule has 1 amide bonds. The fourth-order valence-electron chi connectivity index (χ4n) is 1.42. The Morgan fingerprint density at radius 2 is 2.31 bits per heavy atom. The average molecular weight is 182 g/mol. The van der Waals surface area contributed by atoms with Crippen LogP contribution in [0.4, 0.5) is 4.79 Å². The molecule has 5 heteroatoms. The predicted octanol–water partition coefficient (Wildman–Crippen LogP) is 0.469. The molecule has 0 spiro atoms. The smallest absolute Gasteiger partial charge is 0.407 e. The molecule has 0 radical (unpaired) electrons. The van der Waals surface area contributed by atoms with Crippen molar-refractivity contribution in [2.75, 3.05) is 13.1 Å². The summed E-state index contributed by atoms with van der Waals surface area (Å²) in [5.74, 6) is -0.415. The molecule has 1 rings (SSSR count). The molecular formula is C8H10N2O3. The van der Waals surface area contributed by atoms with Crippen LogP contribution in [0.15, 0.2) is 0 Å². The number of ketones is 1. The van der Waals surface area contributed by atoms with Crippen molar-refractivity contribution in [2.24, 2.45) is 5.92 Å². The van der Waals surface area contributed by atoms with E-state index in [9.17, 15) is 9.59 Å². The van der Waals surface area contributed by atoms with Crippen LogP contribution in [0.1, 0.15) is 12.8 Å².